The van der Waals surface area contributed by atoms with Crippen LogP contribution in [0.25, 0.3) is 0 Å². The molecule has 0 bridgehead atoms. The van der Waals surface area contributed by atoms with Crippen molar-refractivity contribution < 1.29 is 14.3 Å². The monoisotopic (exact) mass is 407 g/mol. The van der Waals surface area contributed by atoms with Crippen LogP contribution in [-0.4, -0.2) is 50.2 Å². The van der Waals surface area contributed by atoms with Gasteiger partial charge in [-0.15, -0.1) is 24.8 Å². The van der Waals surface area contributed by atoms with Crippen molar-refractivity contribution in [2.75, 3.05) is 27.3 Å². The number of methoxy groups -OCH3 is 2. The molecule has 1 aromatic carbocycles. The number of hydrogen-bond acceptors (Lipinski definition) is 5. The number of nitrogens with zero attached hydrogens (tertiary/aromatic N) is 1. The van der Waals surface area contributed by atoms with Crippen molar-refractivity contribution in [3.8, 4) is 11.5 Å². The van der Waals surface area contributed by atoms with Crippen LogP contribution >= 0.6 is 24.8 Å². The van der Waals surface area contributed by atoms with Gasteiger partial charge in [0.15, 0.2) is 0 Å². The number of ether oxygens (including phenoxy) is 2. The summed E-state index contributed by atoms with van der Waals surface area (Å²) < 4.78 is 10.6. The summed E-state index contributed by atoms with van der Waals surface area (Å²) >= 11 is 0. The van der Waals surface area contributed by atoms with Gasteiger partial charge < -0.3 is 20.5 Å². The molecule has 1 amide bonds. The second-order valence-electron chi connectivity index (χ2n) is 6.53. The van der Waals surface area contributed by atoms with Gasteiger partial charge >= 0.3 is 0 Å². The van der Waals surface area contributed by atoms with E-state index in [-0.39, 0.29) is 42.8 Å². The maximum absolute atomic E-state index is 11.9. The molecular weight excluding hydrogens is 377 g/mol. The van der Waals surface area contributed by atoms with Crippen molar-refractivity contribution in [1.82, 2.24) is 10.2 Å². The molecule has 3 N–H and O–H groups in total. The van der Waals surface area contributed by atoms with E-state index in [2.05, 4.69) is 10.2 Å². The minimum atomic E-state index is 0. The molecule has 1 aliphatic heterocycles. The fraction of sp³-hybridized carbons (Fsp3) is 0.611. The summed E-state index contributed by atoms with van der Waals surface area (Å²) in [5.74, 6) is 1.69. The number of likely N-dealkylation sites (tertiary alicyclic amines) is 1. The minimum absolute atomic E-state index is 0. The number of amides is 1. The number of carbonyl (C=O) groups is 1. The van der Waals surface area contributed by atoms with Crippen LogP contribution in [0.1, 0.15) is 31.7 Å². The molecule has 150 valence electrons. The van der Waals surface area contributed by atoms with E-state index in [1.54, 1.807) is 14.2 Å². The molecule has 1 fully saturated rings. The van der Waals surface area contributed by atoms with Gasteiger partial charge in [-0.3, -0.25) is 9.69 Å². The highest BCUT2D eigenvalue weighted by atomic mass is 35.5. The van der Waals surface area contributed by atoms with Gasteiger partial charge in [0.2, 0.25) is 5.91 Å². The Hall–Kier alpha value is -1.21. The van der Waals surface area contributed by atoms with Gasteiger partial charge in [0.05, 0.1) is 14.2 Å². The molecule has 2 atom stereocenters. The molecule has 1 saturated heterocycles. The van der Waals surface area contributed by atoms with E-state index in [1.165, 1.54) is 0 Å². The number of hydrogen-bond donors (Lipinski definition) is 2. The van der Waals surface area contributed by atoms with E-state index < -0.39 is 0 Å². The van der Waals surface area contributed by atoms with Crippen molar-refractivity contribution in [2.45, 2.75) is 44.8 Å². The molecule has 0 radical (unpaired) electrons. The normalized spacial score (nSPS) is 17.6. The zero-order chi connectivity index (χ0) is 17.5. The maximum Gasteiger partial charge on any atom is 0.220 e. The number of nitrogens with one attached hydrogen (secondary N) is 1. The summed E-state index contributed by atoms with van der Waals surface area (Å²) in [6.07, 6.45) is 2.21. The molecule has 0 aromatic heterocycles. The van der Waals surface area contributed by atoms with Crippen LogP contribution in [0, 0.1) is 0 Å². The zero-order valence-electron chi connectivity index (χ0n) is 15.7. The van der Waals surface area contributed by atoms with Crippen LogP contribution in [-0.2, 0) is 11.3 Å². The average molecular weight is 408 g/mol. The summed E-state index contributed by atoms with van der Waals surface area (Å²) in [7, 11) is 3.31. The van der Waals surface area contributed by atoms with Gasteiger partial charge in [0, 0.05) is 44.2 Å². The molecule has 0 saturated carbocycles. The number of halogens is 2. The molecule has 0 spiro atoms. The van der Waals surface area contributed by atoms with E-state index in [4.69, 9.17) is 15.2 Å². The molecule has 1 aromatic rings. The Morgan fingerprint density at radius 1 is 1.27 bits per heavy atom. The lowest BCUT2D eigenvalue weighted by Crippen LogP contribution is -2.37. The topological polar surface area (TPSA) is 76.8 Å². The number of carbonyl (C=O) groups excluding carboxylic acids is 1. The zero-order valence-corrected chi connectivity index (χ0v) is 17.3. The Balaban J connectivity index is 0.00000312. The third-order valence-electron chi connectivity index (χ3n) is 4.28. The Morgan fingerprint density at radius 3 is 2.42 bits per heavy atom. The first-order chi connectivity index (χ1) is 11.5. The Labute approximate surface area is 168 Å². The first kappa shape index (κ1) is 24.8. The molecule has 26 heavy (non-hydrogen) atoms. The predicted octanol–water partition coefficient (Wildman–Crippen LogP) is 2.37. The van der Waals surface area contributed by atoms with Gasteiger partial charge in [-0.1, -0.05) is 0 Å². The Morgan fingerprint density at radius 2 is 1.88 bits per heavy atom. The van der Waals surface area contributed by atoms with Gasteiger partial charge in [-0.25, -0.2) is 0 Å². The van der Waals surface area contributed by atoms with Crippen molar-refractivity contribution in [1.29, 1.82) is 0 Å². The van der Waals surface area contributed by atoms with Crippen LogP contribution in [0.5, 0.6) is 11.5 Å². The lowest BCUT2D eigenvalue weighted by atomic mass is 10.1. The standard InChI is InChI=1S/C18H29N3O3.2ClH/c1-13(19)4-5-18(22)20-15-6-7-21(12-15)11-14-8-16(23-2)10-17(9-14)24-3;;/h8-10,13,15H,4-7,11-12,19H2,1-3H3,(H,20,22);2*1H. The fourth-order valence-corrected chi connectivity index (χ4v) is 2.97. The molecule has 1 aliphatic rings. The van der Waals surface area contributed by atoms with E-state index in [0.29, 0.717) is 6.42 Å². The highest BCUT2D eigenvalue weighted by Crippen LogP contribution is 2.24. The Kier molecular flexibility index (Phi) is 11.7. The number of nitrogens with two attached hydrogens (primary N) is 1. The van der Waals surface area contributed by atoms with Crippen LogP contribution < -0.4 is 20.5 Å². The second-order valence-corrected chi connectivity index (χ2v) is 6.53. The molecule has 2 rings (SSSR count). The number of benzene rings is 1. The molecule has 6 nitrogen and oxygen atoms in total. The lowest BCUT2D eigenvalue weighted by molar-refractivity contribution is -0.121. The van der Waals surface area contributed by atoms with Crippen molar-refractivity contribution in [3.05, 3.63) is 23.8 Å². The maximum atomic E-state index is 11.9. The predicted molar refractivity (Wildman–Crippen MR) is 109 cm³/mol. The molecule has 8 heteroatoms. The summed E-state index contributed by atoms with van der Waals surface area (Å²) in [4.78, 5) is 14.3. The first-order valence-electron chi connectivity index (χ1n) is 8.49. The first-order valence-corrected chi connectivity index (χ1v) is 8.49. The van der Waals surface area contributed by atoms with E-state index in [1.807, 2.05) is 25.1 Å². The second kappa shape index (κ2) is 12.2. The molecule has 2 unspecified atom stereocenters. The smallest absolute Gasteiger partial charge is 0.220 e. The van der Waals surface area contributed by atoms with Crippen molar-refractivity contribution >= 4 is 30.7 Å². The minimum Gasteiger partial charge on any atom is -0.497 e. The lowest BCUT2D eigenvalue weighted by Gasteiger charge is -2.18. The summed E-state index contributed by atoms with van der Waals surface area (Å²) in [6.45, 7) is 4.58. The third kappa shape index (κ3) is 7.99. The highest BCUT2D eigenvalue weighted by Gasteiger charge is 2.24. The van der Waals surface area contributed by atoms with Crippen LogP contribution in [0.4, 0.5) is 0 Å². The van der Waals surface area contributed by atoms with E-state index >= 15 is 0 Å². The summed E-state index contributed by atoms with van der Waals surface area (Å²) in [6, 6.07) is 6.21. The summed E-state index contributed by atoms with van der Waals surface area (Å²) in [5, 5.41) is 3.11. The van der Waals surface area contributed by atoms with Crippen molar-refractivity contribution in [3.63, 3.8) is 0 Å². The van der Waals surface area contributed by atoms with E-state index in [0.717, 1.165) is 49.5 Å². The van der Waals surface area contributed by atoms with Gasteiger partial charge in [0.25, 0.3) is 0 Å². The van der Waals surface area contributed by atoms with E-state index in [9.17, 15) is 4.79 Å². The highest BCUT2D eigenvalue weighted by molar-refractivity contribution is 5.85. The van der Waals surface area contributed by atoms with Crippen LogP contribution in [0.2, 0.25) is 0 Å². The largest absolute Gasteiger partial charge is 0.497 e. The van der Waals surface area contributed by atoms with Crippen molar-refractivity contribution in [2.24, 2.45) is 5.73 Å². The third-order valence-corrected chi connectivity index (χ3v) is 4.28. The van der Waals surface area contributed by atoms with Gasteiger partial charge in [-0.05, 0) is 37.5 Å². The van der Waals surface area contributed by atoms with Crippen LogP contribution in [0.15, 0.2) is 18.2 Å². The molecular formula is C18H31Cl2N3O3. The average Bonchev–Trinajstić information content (AvgIpc) is 2.99. The molecule has 0 aliphatic carbocycles. The molecule has 1 heterocycles. The van der Waals surface area contributed by atoms with Gasteiger partial charge in [0.1, 0.15) is 11.5 Å². The summed E-state index contributed by atoms with van der Waals surface area (Å²) in [5.41, 5.74) is 6.84. The van der Waals surface area contributed by atoms with Crippen LogP contribution in [0.3, 0.4) is 0 Å². The Bertz CT molecular complexity index is 536. The number of rotatable bonds is 8. The van der Waals surface area contributed by atoms with Gasteiger partial charge in [-0.2, -0.15) is 0 Å². The SMILES string of the molecule is COc1cc(CN2CCC(NC(=O)CCC(C)N)C2)cc(OC)c1.Cl.Cl. The quantitative estimate of drug-likeness (QED) is 0.691. The fourth-order valence-electron chi connectivity index (χ4n) is 2.97.